The molecule has 6 amide bonds. The van der Waals surface area contributed by atoms with E-state index in [-0.39, 0.29) is 55.6 Å². The Kier molecular flexibility index (Phi) is 14.5. The Morgan fingerprint density at radius 1 is 0.955 bits per heavy atom. The van der Waals surface area contributed by atoms with Crippen LogP contribution in [0.2, 0.25) is 0 Å². The van der Waals surface area contributed by atoms with E-state index < -0.39 is 35.7 Å². The summed E-state index contributed by atoms with van der Waals surface area (Å²) in [5.74, 6) is -2.73. The second-order valence-corrected chi connectivity index (χ2v) is 11.5. The van der Waals surface area contributed by atoms with Crippen molar-refractivity contribution in [1.29, 1.82) is 0 Å². The first-order valence-corrected chi connectivity index (χ1v) is 15.0. The predicted molar refractivity (Wildman–Crippen MR) is 165 cm³/mol. The highest BCUT2D eigenvalue weighted by Gasteiger charge is 2.34. The number of unbranched alkanes of at least 4 members (excludes halogenated alkanes) is 2. The number of hydrogen-bond donors (Lipinski definition) is 4. The van der Waals surface area contributed by atoms with Crippen LogP contribution in [-0.2, 0) is 40.1 Å². The van der Waals surface area contributed by atoms with Crippen molar-refractivity contribution in [2.24, 2.45) is 11.8 Å². The van der Waals surface area contributed by atoms with Crippen LogP contribution in [0.3, 0.4) is 0 Å². The van der Waals surface area contributed by atoms with Crippen molar-refractivity contribution in [2.45, 2.75) is 84.9 Å². The van der Waals surface area contributed by atoms with E-state index in [1.165, 1.54) is 19.7 Å². The molecular formula is C30H44BN5O8. The number of nitrogens with one attached hydrogen (secondary N) is 4. The summed E-state index contributed by atoms with van der Waals surface area (Å²) in [6.45, 7) is 7.19. The van der Waals surface area contributed by atoms with E-state index in [1.54, 1.807) is 31.2 Å². The van der Waals surface area contributed by atoms with E-state index in [1.807, 2.05) is 13.8 Å². The van der Waals surface area contributed by atoms with E-state index in [9.17, 15) is 33.6 Å². The third-order valence-electron chi connectivity index (χ3n) is 6.97. The van der Waals surface area contributed by atoms with Gasteiger partial charge in [-0.25, -0.2) is 0 Å². The van der Waals surface area contributed by atoms with E-state index in [0.29, 0.717) is 37.9 Å². The van der Waals surface area contributed by atoms with Crippen molar-refractivity contribution < 1.29 is 38.3 Å². The van der Waals surface area contributed by atoms with E-state index in [4.69, 9.17) is 4.74 Å². The van der Waals surface area contributed by atoms with Crippen molar-refractivity contribution in [2.75, 3.05) is 18.4 Å². The average Bonchev–Trinajstić information content (AvgIpc) is 3.20. The minimum absolute atomic E-state index is 0.0903. The number of hydrogen-bond acceptors (Lipinski definition) is 8. The van der Waals surface area contributed by atoms with Gasteiger partial charge in [0.2, 0.25) is 49.2 Å². The lowest BCUT2D eigenvalue weighted by atomic mass is 10.0. The van der Waals surface area contributed by atoms with Gasteiger partial charge in [-0.2, -0.15) is 0 Å². The van der Waals surface area contributed by atoms with Gasteiger partial charge >= 0.3 is 0 Å². The fraction of sp³-hybridized carbons (Fsp3) is 0.567. The molecule has 1 aromatic rings. The molecule has 0 saturated carbocycles. The van der Waals surface area contributed by atoms with Crippen molar-refractivity contribution >= 4 is 54.8 Å². The van der Waals surface area contributed by atoms with Gasteiger partial charge in [0.1, 0.15) is 18.7 Å². The van der Waals surface area contributed by atoms with Gasteiger partial charge in [0.05, 0.1) is 6.54 Å². The third kappa shape index (κ3) is 12.6. The van der Waals surface area contributed by atoms with Crippen LogP contribution >= 0.6 is 0 Å². The van der Waals surface area contributed by atoms with Crippen molar-refractivity contribution in [1.82, 2.24) is 20.9 Å². The number of carbonyl (C=O) groups excluding carboxylic acids is 7. The van der Waals surface area contributed by atoms with Gasteiger partial charge in [0.15, 0.2) is 0 Å². The minimum atomic E-state index is -0.957. The monoisotopic (exact) mass is 613 g/mol. The highest BCUT2D eigenvalue weighted by Crippen LogP contribution is 2.19. The number of benzene rings is 1. The first kappa shape index (κ1) is 36.0. The van der Waals surface area contributed by atoms with Crippen LogP contribution in [0.15, 0.2) is 24.3 Å². The van der Waals surface area contributed by atoms with Crippen molar-refractivity contribution in [3.63, 3.8) is 0 Å². The largest absolute Gasteiger partial charge is 0.469 e. The summed E-state index contributed by atoms with van der Waals surface area (Å²) in [6, 6.07) is 4.88. The molecule has 1 fully saturated rings. The molecule has 4 N–H and O–H groups in total. The second kappa shape index (κ2) is 17.8. The molecule has 1 aliphatic rings. The molecule has 1 heterocycles. The van der Waals surface area contributed by atoms with Crippen LogP contribution < -0.4 is 21.3 Å². The molecule has 3 unspecified atom stereocenters. The molecule has 0 radical (unpaired) electrons. The minimum Gasteiger partial charge on any atom is -0.469 e. The standard InChI is InChI=1S/C30H44BN5O8/c1-18(2)14-23(35-24(37)8-6-5-7-13-36-26(39)15-19(3)29(36)42)28(41)33-20(4)27(40)32-16-25(38)34-22-11-9-21(10-12-22)17-44-30(31)43/h9-12,18-20,23H,5-8,13-17,31H2,1-4H3,(H,32,40)(H,33,41)(H,34,38)(H,35,37). The maximum absolute atomic E-state index is 12.9. The molecule has 1 aliphatic heterocycles. The highest BCUT2D eigenvalue weighted by atomic mass is 16.5. The summed E-state index contributed by atoms with van der Waals surface area (Å²) in [5.41, 5.74) is 1.25. The molecule has 2 rings (SSSR count). The molecule has 0 aromatic heterocycles. The molecule has 44 heavy (non-hydrogen) atoms. The number of ether oxygens (including phenoxy) is 1. The molecule has 14 heteroatoms. The average molecular weight is 614 g/mol. The first-order chi connectivity index (χ1) is 20.8. The smallest absolute Gasteiger partial charge is 0.243 e. The van der Waals surface area contributed by atoms with Crippen LogP contribution in [0.1, 0.15) is 71.8 Å². The maximum Gasteiger partial charge on any atom is 0.243 e. The summed E-state index contributed by atoms with van der Waals surface area (Å²) in [7, 11) is 1.32. The SMILES string of the molecule is BC(=O)OCc1ccc(NC(=O)CNC(=O)C(C)NC(=O)C(CC(C)C)NC(=O)CCCCCN2C(=O)CC(C)C2=O)cc1. The topological polar surface area (TPSA) is 180 Å². The molecule has 13 nitrogen and oxygen atoms in total. The summed E-state index contributed by atoms with van der Waals surface area (Å²) in [5, 5.41) is 10.5. The first-order valence-electron chi connectivity index (χ1n) is 15.0. The highest BCUT2D eigenvalue weighted by molar-refractivity contribution is 6.55. The zero-order valence-electron chi connectivity index (χ0n) is 26.2. The summed E-state index contributed by atoms with van der Waals surface area (Å²) < 4.78 is 4.92. The Labute approximate surface area is 259 Å². The fourth-order valence-electron chi connectivity index (χ4n) is 4.56. The Morgan fingerprint density at radius 3 is 2.23 bits per heavy atom. The second-order valence-electron chi connectivity index (χ2n) is 11.5. The normalized spacial score (nSPS) is 15.8. The number of imide groups is 1. The van der Waals surface area contributed by atoms with Crippen LogP contribution in [0, 0.1) is 11.8 Å². The summed E-state index contributed by atoms with van der Waals surface area (Å²) in [6.07, 6.45) is 2.57. The van der Waals surface area contributed by atoms with Crippen LogP contribution in [0.5, 0.6) is 0 Å². The van der Waals surface area contributed by atoms with Crippen LogP contribution in [0.25, 0.3) is 0 Å². The molecule has 1 saturated heterocycles. The zero-order chi connectivity index (χ0) is 32.8. The Bertz CT molecular complexity index is 1210. The Balaban J connectivity index is 1.74. The van der Waals surface area contributed by atoms with E-state index in [2.05, 4.69) is 21.3 Å². The molecule has 240 valence electrons. The third-order valence-corrected chi connectivity index (χ3v) is 6.97. The van der Waals surface area contributed by atoms with E-state index in [0.717, 1.165) is 5.56 Å². The predicted octanol–water partition coefficient (Wildman–Crippen LogP) is 1.00. The summed E-state index contributed by atoms with van der Waals surface area (Å²) in [4.78, 5) is 86.5. The molecule has 3 atom stereocenters. The lowest BCUT2D eigenvalue weighted by Crippen LogP contribution is -2.53. The number of likely N-dealkylation sites (tertiary alicyclic amines) is 1. The van der Waals surface area contributed by atoms with Crippen LogP contribution in [-0.4, -0.2) is 79.2 Å². The fourth-order valence-corrected chi connectivity index (χ4v) is 4.56. The van der Waals surface area contributed by atoms with Crippen LogP contribution in [0.4, 0.5) is 10.5 Å². The Hall–Kier alpha value is -4.23. The van der Waals surface area contributed by atoms with Gasteiger partial charge < -0.3 is 26.0 Å². The summed E-state index contributed by atoms with van der Waals surface area (Å²) >= 11 is 0. The Morgan fingerprint density at radius 2 is 1.64 bits per heavy atom. The van der Waals surface area contributed by atoms with Gasteiger partial charge in [-0.15, -0.1) is 0 Å². The van der Waals surface area contributed by atoms with Gasteiger partial charge in [-0.1, -0.05) is 39.3 Å². The molecule has 1 aromatic carbocycles. The molecule has 0 bridgehead atoms. The molecule has 0 aliphatic carbocycles. The van der Waals surface area contributed by atoms with Gasteiger partial charge in [-0.3, -0.25) is 38.5 Å². The number of amides is 6. The molecule has 0 spiro atoms. The van der Waals surface area contributed by atoms with Crippen molar-refractivity contribution in [3.8, 4) is 0 Å². The van der Waals surface area contributed by atoms with Gasteiger partial charge in [-0.05, 0) is 49.8 Å². The number of nitrogens with zero attached hydrogens (tertiary/aromatic N) is 1. The van der Waals surface area contributed by atoms with Crippen molar-refractivity contribution in [3.05, 3.63) is 29.8 Å². The number of carbonyl (C=O) groups is 7. The lowest BCUT2D eigenvalue weighted by molar-refractivity contribution is -0.139. The zero-order valence-corrected chi connectivity index (χ0v) is 26.2. The molecular weight excluding hydrogens is 569 g/mol. The van der Waals surface area contributed by atoms with Gasteiger partial charge in [0.25, 0.3) is 0 Å². The number of rotatable bonds is 17. The quantitative estimate of drug-likeness (QED) is 0.114. The van der Waals surface area contributed by atoms with E-state index >= 15 is 0 Å². The van der Waals surface area contributed by atoms with Gasteiger partial charge in [0, 0.05) is 31.0 Å². The number of anilines is 1. The maximum atomic E-state index is 12.9. The lowest BCUT2D eigenvalue weighted by Gasteiger charge is -2.22.